The molecule has 1 rings (SSSR count). The number of benzene rings is 1. The first kappa shape index (κ1) is 13.9. The summed E-state index contributed by atoms with van der Waals surface area (Å²) >= 11 is 0. The van der Waals surface area contributed by atoms with Gasteiger partial charge in [-0.05, 0) is 61.9 Å². The maximum atomic E-state index is 11.5. The van der Waals surface area contributed by atoms with Gasteiger partial charge >= 0.3 is 0 Å². The minimum absolute atomic E-state index is 0.146. The first-order chi connectivity index (χ1) is 8.04. The lowest BCUT2D eigenvalue weighted by Gasteiger charge is -2.11. The van der Waals surface area contributed by atoms with Crippen molar-refractivity contribution < 1.29 is 4.79 Å². The lowest BCUT2D eigenvalue weighted by atomic mass is 9.94. The summed E-state index contributed by atoms with van der Waals surface area (Å²) in [6.07, 6.45) is 3.15. The van der Waals surface area contributed by atoms with Gasteiger partial charge in [-0.1, -0.05) is 19.9 Å². The molecule has 0 aliphatic rings. The Hall–Kier alpha value is -1.15. The largest absolute Gasteiger partial charge is 0.330 e. The molecule has 0 aliphatic carbocycles. The highest BCUT2D eigenvalue weighted by molar-refractivity contribution is 5.94. The molecular formula is C15H23NO. The Morgan fingerprint density at radius 3 is 2.47 bits per heavy atom. The number of carbonyl (C=O) groups is 1. The molecule has 0 aromatic heterocycles. The molecule has 0 amide bonds. The number of Topliss-reactive ketones (excluding diaryl/α,β-unsaturated/α-hetero) is 1. The Kier molecular flexibility index (Phi) is 5.36. The van der Waals surface area contributed by atoms with Crippen molar-refractivity contribution in [3.63, 3.8) is 0 Å². The van der Waals surface area contributed by atoms with Gasteiger partial charge in [-0.2, -0.15) is 0 Å². The molecule has 0 radical (unpaired) electrons. The molecule has 0 unspecified atom stereocenters. The van der Waals surface area contributed by atoms with E-state index in [1.54, 1.807) is 6.92 Å². The number of hydrogen-bond donors (Lipinski definition) is 1. The van der Waals surface area contributed by atoms with Gasteiger partial charge in [0, 0.05) is 5.56 Å². The maximum Gasteiger partial charge on any atom is 0.159 e. The average molecular weight is 233 g/mol. The smallest absolute Gasteiger partial charge is 0.159 e. The maximum absolute atomic E-state index is 11.5. The van der Waals surface area contributed by atoms with Gasteiger partial charge in [-0.25, -0.2) is 0 Å². The molecule has 0 aliphatic heterocycles. The summed E-state index contributed by atoms with van der Waals surface area (Å²) in [6.45, 7) is 6.68. The van der Waals surface area contributed by atoms with E-state index in [4.69, 9.17) is 5.73 Å². The molecule has 2 nitrogen and oxygen atoms in total. The summed E-state index contributed by atoms with van der Waals surface area (Å²) < 4.78 is 0. The zero-order valence-corrected chi connectivity index (χ0v) is 11.1. The predicted octanol–water partition coefficient (Wildman–Crippen LogP) is 3.29. The molecule has 1 aromatic rings. The van der Waals surface area contributed by atoms with Gasteiger partial charge in [0.15, 0.2) is 5.78 Å². The molecule has 0 heterocycles. The van der Waals surface area contributed by atoms with Crippen LogP contribution in [0.15, 0.2) is 18.2 Å². The Morgan fingerprint density at radius 2 is 1.94 bits per heavy atom. The fourth-order valence-electron chi connectivity index (χ4n) is 1.87. The van der Waals surface area contributed by atoms with Crippen molar-refractivity contribution >= 4 is 5.78 Å². The molecule has 2 N–H and O–H groups in total. The Balaban J connectivity index is 2.91. The number of aryl methyl sites for hydroxylation is 1. The van der Waals surface area contributed by atoms with E-state index in [1.165, 1.54) is 11.1 Å². The third-order valence-electron chi connectivity index (χ3n) is 3.01. The zero-order chi connectivity index (χ0) is 12.8. The van der Waals surface area contributed by atoms with Crippen molar-refractivity contribution in [2.75, 3.05) is 6.54 Å². The topological polar surface area (TPSA) is 43.1 Å². The molecule has 0 spiro atoms. The third kappa shape index (κ3) is 4.31. The van der Waals surface area contributed by atoms with Gasteiger partial charge in [0.1, 0.15) is 0 Å². The quantitative estimate of drug-likeness (QED) is 0.605. The fraction of sp³-hybridized carbons (Fsp3) is 0.533. The average Bonchev–Trinajstić information content (AvgIpc) is 2.29. The minimum Gasteiger partial charge on any atom is -0.330 e. The summed E-state index contributed by atoms with van der Waals surface area (Å²) in [5.41, 5.74) is 8.84. The van der Waals surface area contributed by atoms with Crippen molar-refractivity contribution in [2.45, 2.75) is 46.0 Å². The lowest BCUT2D eigenvalue weighted by Crippen LogP contribution is -2.01. The molecule has 17 heavy (non-hydrogen) atoms. The second-order valence-corrected chi connectivity index (χ2v) is 4.92. The van der Waals surface area contributed by atoms with Crippen molar-refractivity contribution in [2.24, 2.45) is 5.73 Å². The Bertz CT molecular complexity index is 383. The van der Waals surface area contributed by atoms with Crippen LogP contribution in [-0.4, -0.2) is 12.3 Å². The third-order valence-corrected chi connectivity index (χ3v) is 3.01. The highest BCUT2D eigenvalue weighted by Crippen LogP contribution is 2.20. The lowest BCUT2D eigenvalue weighted by molar-refractivity contribution is 0.101. The summed E-state index contributed by atoms with van der Waals surface area (Å²) in [5, 5.41) is 0. The number of unbranched alkanes of at least 4 members (excludes halogenated alkanes) is 1. The van der Waals surface area contributed by atoms with Gasteiger partial charge in [-0.3, -0.25) is 4.79 Å². The van der Waals surface area contributed by atoms with E-state index in [-0.39, 0.29) is 5.78 Å². The predicted molar refractivity (Wildman–Crippen MR) is 72.5 cm³/mol. The van der Waals surface area contributed by atoms with Gasteiger partial charge in [0.05, 0.1) is 0 Å². The Labute approximate surface area is 104 Å². The first-order valence-corrected chi connectivity index (χ1v) is 6.39. The van der Waals surface area contributed by atoms with Crippen molar-refractivity contribution in [1.82, 2.24) is 0 Å². The molecule has 0 bridgehead atoms. The van der Waals surface area contributed by atoms with E-state index in [2.05, 4.69) is 19.9 Å². The van der Waals surface area contributed by atoms with Crippen LogP contribution < -0.4 is 5.73 Å². The highest BCUT2D eigenvalue weighted by atomic mass is 16.1. The summed E-state index contributed by atoms with van der Waals surface area (Å²) in [7, 11) is 0. The minimum atomic E-state index is 0.146. The second kappa shape index (κ2) is 6.55. The van der Waals surface area contributed by atoms with Crippen LogP contribution in [0.5, 0.6) is 0 Å². The van der Waals surface area contributed by atoms with Gasteiger partial charge in [0.25, 0.3) is 0 Å². The Morgan fingerprint density at radius 1 is 1.24 bits per heavy atom. The highest BCUT2D eigenvalue weighted by Gasteiger charge is 2.07. The SMILES string of the molecule is CC(=O)c1cc(CCCCN)cc(C(C)C)c1. The zero-order valence-electron chi connectivity index (χ0n) is 11.1. The van der Waals surface area contributed by atoms with Crippen molar-refractivity contribution in [3.05, 3.63) is 34.9 Å². The molecule has 1 aromatic carbocycles. The van der Waals surface area contributed by atoms with E-state index in [0.717, 1.165) is 31.4 Å². The molecule has 0 saturated heterocycles. The van der Waals surface area contributed by atoms with E-state index >= 15 is 0 Å². The molecule has 0 saturated carbocycles. The first-order valence-electron chi connectivity index (χ1n) is 6.39. The van der Waals surface area contributed by atoms with Gasteiger partial charge < -0.3 is 5.73 Å². The molecule has 94 valence electrons. The van der Waals surface area contributed by atoms with Crippen LogP contribution >= 0.6 is 0 Å². The van der Waals surface area contributed by atoms with Gasteiger partial charge in [0.2, 0.25) is 0 Å². The standard InChI is InChI=1S/C15H23NO/c1-11(2)14-8-13(6-4-5-7-16)9-15(10-14)12(3)17/h8-11H,4-7,16H2,1-3H3. The summed E-state index contributed by atoms with van der Waals surface area (Å²) in [5.74, 6) is 0.607. The number of carbonyl (C=O) groups excluding carboxylic acids is 1. The monoisotopic (exact) mass is 233 g/mol. The van der Waals surface area contributed by atoms with E-state index in [0.29, 0.717) is 5.92 Å². The fourth-order valence-corrected chi connectivity index (χ4v) is 1.87. The number of ketones is 1. The van der Waals surface area contributed by atoms with Crippen LogP contribution in [0.3, 0.4) is 0 Å². The van der Waals surface area contributed by atoms with Gasteiger partial charge in [-0.15, -0.1) is 0 Å². The van der Waals surface area contributed by atoms with Crippen LogP contribution in [-0.2, 0) is 6.42 Å². The van der Waals surface area contributed by atoms with E-state index in [9.17, 15) is 4.79 Å². The molecular weight excluding hydrogens is 210 g/mol. The second-order valence-electron chi connectivity index (χ2n) is 4.92. The molecule has 0 atom stereocenters. The van der Waals surface area contributed by atoms with Crippen LogP contribution in [0.4, 0.5) is 0 Å². The van der Waals surface area contributed by atoms with Crippen LogP contribution in [0.25, 0.3) is 0 Å². The van der Waals surface area contributed by atoms with E-state index < -0.39 is 0 Å². The molecule has 0 fully saturated rings. The van der Waals surface area contributed by atoms with Crippen molar-refractivity contribution in [3.8, 4) is 0 Å². The summed E-state index contributed by atoms with van der Waals surface area (Å²) in [4.78, 5) is 11.5. The normalized spacial score (nSPS) is 10.9. The van der Waals surface area contributed by atoms with Crippen LogP contribution in [0, 0.1) is 0 Å². The molecule has 2 heteroatoms. The number of nitrogens with two attached hydrogens (primary N) is 1. The summed E-state index contributed by atoms with van der Waals surface area (Å²) in [6, 6.07) is 6.25. The van der Waals surface area contributed by atoms with Crippen LogP contribution in [0.2, 0.25) is 0 Å². The van der Waals surface area contributed by atoms with Crippen LogP contribution in [0.1, 0.15) is 61.0 Å². The van der Waals surface area contributed by atoms with Crippen molar-refractivity contribution in [1.29, 1.82) is 0 Å². The number of rotatable bonds is 6. The number of hydrogen-bond acceptors (Lipinski definition) is 2. The van der Waals surface area contributed by atoms with E-state index in [1.807, 2.05) is 12.1 Å².